The fourth-order valence-corrected chi connectivity index (χ4v) is 3.73. The van der Waals surface area contributed by atoms with Gasteiger partial charge in [-0.2, -0.15) is 0 Å². The molecule has 0 aromatic carbocycles. The fourth-order valence-electron chi connectivity index (χ4n) is 2.78. The molecule has 0 aliphatic carbocycles. The SMILES string of the molecule is Cc1ccsc1CN1CCOC(COn2nnc3cccnc32)C1. The summed E-state index contributed by atoms with van der Waals surface area (Å²) in [4.78, 5) is 15.2. The number of nitrogens with zero attached hydrogens (tertiary/aromatic N) is 5. The highest BCUT2D eigenvalue weighted by Gasteiger charge is 2.22. The number of thiophene rings is 1. The number of aryl methyl sites for hydroxylation is 1. The number of ether oxygens (including phenoxy) is 1. The third-order valence-corrected chi connectivity index (χ3v) is 5.13. The molecule has 0 spiro atoms. The normalized spacial score (nSPS) is 19.0. The van der Waals surface area contributed by atoms with Gasteiger partial charge >= 0.3 is 0 Å². The predicted octanol–water partition coefficient (Wildman–Crippen LogP) is 1.53. The van der Waals surface area contributed by atoms with Crippen molar-refractivity contribution in [3.05, 3.63) is 40.2 Å². The Morgan fingerprint density at radius 1 is 1.42 bits per heavy atom. The number of hydrogen-bond acceptors (Lipinski definition) is 7. The molecule has 0 saturated carbocycles. The first-order valence-electron chi connectivity index (χ1n) is 7.96. The Morgan fingerprint density at radius 2 is 2.38 bits per heavy atom. The lowest BCUT2D eigenvalue weighted by atomic mass is 10.2. The van der Waals surface area contributed by atoms with Gasteiger partial charge in [0.15, 0.2) is 0 Å². The molecule has 126 valence electrons. The van der Waals surface area contributed by atoms with Gasteiger partial charge in [0.25, 0.3) is 0 Å². The maximum absolute atomic E-state index is 5.82. The Kier molecular flexibility index (Phi) is 4.42. The molecule has 3 aromatic heterocycles. The van der Waals surface area contributed by atoms with E-state index in [1.807, 2.05) is 23.5 Å². The van der Waals surface area contributed by atoms with Crippen LogP contribution in [-0.4, -0.2) is 57.4 Å². The maximum atomic E-state index is 5.82. The molecule has 7 nitrogen and oxygen atoms in total. The summed E-state index contributed by atoms with van der Waals surface area (Å²) in [5, 5.41) is 10.2. The topological polar surface area (TPSA) is 65.3 Å². The van der Waals surface area contributed by atoms with Crippen LogP contribution in [0, 0.1) is 6.92 Å². The van der Waals surface area contributed by atoms with Gasteiger partial charge in [-0.1, -0.05) is 4.85 Å². The van der Waals surface area contributed by atoms with Crippen molar-refractivity contribution in [2.45, 2.75) is 19.6 Å². The van der Waals surface area contributed by atoms with Gasteiger partial charge in [-0.15, -0.1) is 16.4 Å². The molecule has 1 atom stereocenters. The highest BCUT2D eigenvalue weighted by molar-refractivity contribution is 7.10. The summed E-state index contributed by atoms with van der Waals surface area (Å²) in [5.41, 5.74) is 2.70. The first-order chi connectivity index (χ1) is 11.8. The smallest absolute Gasteiger partial charge is 0.219 e. The van der Waals surface area contributed by atoms with Crippen LogP contribution in [0.1, 0.15) is 10.4 Å². The van der Waals surface area contributed by atoms with Crippen LogP contribution in [0.2, 0.25) is 0 Å². The van der Waals surface area contributed by atoms with E-state index in [4.69, 9.17) is 9.57 Å². The first kappa shape index (κ1) is 15.5. The van der Waals surface area contributed by atoms with E-state index in [9.17, 15) is 0 Å². The average molecular weight is 345 g/mol. The molecule has 8 heteroatoms. The van der Waals surface area contributed by atoms with Crippen LogP contribution in [0.15, 0.2) is 29.8 Å². The van der Waals surface area contributed by atoms with Crippen molar-refractivity contribution in [2.75, 3.05) is 26.3 Å². The third kappa shape index (κ3) is 3.26. The van der Waals surface area contributed by atoms with Crippen molar-refractivity contribution >= 4 is 22.5 Å². The Labute approximate surface area is 143 Å². The Morgan fingerprint density at radius 3 is 3.25 bits per heavy atom. The molecular formula is C16H19N5O2S. The number of rotatable bonds is 5. The van der Waals surface area contributed by atoms with Gasteiger partial charge in [-0.3, -0.25) is 4.90 Å². The lowest BCUT2D eigenvalue weighted by Gasteiger charge is -2.32. The van der Waals surface area contributed by atoms with Crippen LogP contribution in [0.5, 0.6) is 0 Å². The number of pyridine rings is 1. The molecule has 1 aliphatic rings. The Balaban J connectivity index is 1.35. The monoisotopic (exact) mass is 345 g/mol. The number of hydrogen-bond donors (Lipinski definition) is 0. The second-order valence-electron chi connectivity index (χ2n) is 5.86. The summed E-state index contributed by atoms with van der Waals surface area (Å²) in [6.07, 6.45) is 1.72. The van der Waals surface area contributed by atoms with Gasteiger partial charge in [0.1, 0.15) is 18.2 Å². The van der Waals surface area contributed by atoms with E-state index >= 15 is 0 Å². The van der Waals surface area contributed by atoms with E-state index < -0.39 is 0 Å². The third-order valence-electron chi connectivity index (χ3n) is 4.12. The standard InChI is InChI=1S/C16H19N5O2S/c1-12-4-8-24-15(12)10-20-6-7-22-13(9-20)11-23-21-16-14(18-19-21)3-2-5-17-16/h2-5,8,13H,6-7,9-11H2,1H3. The summed E-state index contributed by atoms with van der Waals surface area (Å²) in [6, 6.07) is 5.86. The molecule has 1 fully saturated rings. The van der Waals surface area contributed by atoms with Gasteiger partial charge in [-0.25, -0.2) is 4.98 Å². The molecule has 1 aliphatic heterocycles. The van der Waals surface area contributed by atoms with Crippen LogP contribution in [0.4, 0.5) is 0 Å². The molecule has 1 saturated heterocycles. The van der Waals surface area contributed by atoms with E-state index in [0.29, 0.717) is 12.3 Å². The molecule has 4 heterocycles. The Bertz CT molecular complexity index is 818. The van der Waals surface area contributed by atoms with Gasteiger partial charge in [0.05, 0.1) is 6.61 Å². The van der Waals surface area contributed by atoms with Gasteiger partial charge in [-0.05, 0) is 41.3 Å². The van der Waals surface area contributed by atoms with Crippen LogP contribution >= 0.6 is 11.3 Å². The maximum Gasteiger partial charge on any atom is 0.219 e. The number of fused-ring (bicyclic) bond motifs is 1. The molecule has 0 N–H and O–H groups in total. The minimum Gasteiger partial charge on any atom is -0.391 e. The van der Waals surface area contributed by atoms with Crippen molar-refractivity contribution in [2.24, 2.45) is 0 Å². The van der Waals surface area contributed by atoms with E-state index in [0.717, 1.165) is 31.8 Å². The van der Waals surface area contributed by atoms with E-state index in [1.54, 1.807) is 6.20 Å². The van der Waals surface area contributed by atoms with Crippen molar-refractivity contribution < 1.29 is 9.57 Å². The van der Waals surface area contributed by atoms with Crippen LogP contribution in [0.3, 0.4) is 0 Å². The zero-order valence-electron chi connectivity index (χ0n) is 13.5. The zero-order chi connectivity index (χ0) is 16.4. The van der Waals surface area contributed by atoms with Crippen LogP contribution in [0.25, 0.3) is 11.2 Å². The summed E-state index contributed by atoms with van der Waals surface area (Å²) in [6.45, 7) is 6.07. The second kappa shape index (κ2) is 6.84. The molecule has 24 heavy (non-hydrogen) atoms. The van der Waals surface area contributed by atoms with Gasteiger partial charge < -0.3 is 9.57 Å². The highest BCUT2D eigenvalue weighted by Crippen LogP contribution is 2.19. The zero-order valence-corrected chi connectivity index (χ0v) is 14.3. The average Bonchev–Trinajstić information content (AvgIpc) is 3.20. The lowest BCUT2D eigenvalue weighted by molar-refractivity contribution is -0.0768. The molecule has 0 amide bonds. The van der Waals surface area contributed by atoms with Crippen molar-refractivity contribution in [1.82, 2.24) is 25.0 Å². The summed E-state index contributed by atoms with van der Waals surface area (Å²) in [7, 11) is 0. The highest BCUT2D eigenvalue weighted by atomic mass is 32.1. The number of morpholine rings is 1. The van der Waals surface area contributed by atoms with Gasteiger partial charge in [0.2, 0.25) is 5.65 Å². The molecule has 0 radical (unpaired) electrons. The minimum absolute atomic E-state index is 0.0157. The van der Waals surface area contributed by atoms with Crippen molar-refractivity contribution in [3.63, 3.8) is 0 Å². The minimum atomic E-state index is 0.0157. The van der Waals surface area contributed by atoms with Gasteiger partial charge in [0, 0.05) is 30.7 Å². The van der Waals surface area contributed by atoms with Crippen molar-refractivity contribution in [1.29, 1.82) is 0 Å². The quantitative estimate of drug-likeness (QED) is 0.699. The van der Waals surface area contributed by atoms with Crippen LogP contribution < -0.4 is 4.84 Å². The summed E-state index contributed by atoms with van der Waals surface area (Å²) >= 11 is 1.81. The van der Waals surface area contributed by atoms with E-state index in [-0.39, 0.29) is 6.10 Å². The van der Waals surface area contributed by atoms with Crippen LogP contribution in [-0.2, 0) is 11.3 Å². The molecule has 4 rings (SSSR count). The largest absolute Gasteiger partial charge is 0.391 e. The number of aromatic nitrogens is 4. The van der Waals surface area contributed by atoms with E-state index in [2.05, 4.69) is 38.6 Å². The molecule has 3 aromatic rings. The summed E-state index contributed by atoms with van der Waals surface area (Å²) in [5.74, 6) is 0. The van der Waals surface area contributed by atoms with Crippen molar-refractivity contribution in [3.8, 4) is 0 Å². The lowest BCUT2D eigenvalue weighted by Crippen LogP contribution is -2.45. The predicted molar refractivity (Wildman–Crippen MR) is 90.8 cm³/mol. The first-order valence-corrected chi connectivity index (χ1v) is 8.84. The second-order valence-corrected chi connectivity index (χ2v) is 6.86. The van der Waals surface area contributed by atoms with E-state index in [1.165, 1.54) is 15.3 Å². The molecule has 1 unspecified atom stereocenters. The molecule has 0 bridgehead atoms. The fraction of sp³-hybridized carbons (Fsp3) is 0.438. The Hall–Kier alpha value is -2.03. The summed E-state index contributed by atoms with van der Waals surface area (Å²) < 4.78 is 5.82. The molecular weight excluding hydrogens is 326 g/mol.